The van der Waals surface area contributed by atoms with Gasteiger partial charge in [-0.05, 0) is 40.8 Å². The van der Waals surface area contributed by atoms with Crippen LogP contribution in [0.2, 0.25) is 0 Å². The Morgan fingerprint density at radius 3 is 3.29 bits per heavy atom. The number of rotatable bonds is 0. The Morgan fingerprint density at radius 1 is 1.43 bits per heavy atom. The van der Waals surface area contributed by atoms with Crippen molar-refractivity contribution in [3.05, 3.63) is 48.5 Å². The normalized spacial score (nSPS) is 29.6. The molecule has 2 rings (SSSR count). The standard InChI is InChI=1S/C11H11IN2/c12-11-10-4-2-1-3-9(10)5-6-13-7-8-14-11/h1-2,4-9,13H,3H2/b6-5-,8-7-,14-11?. The molecule has 0 bridgehead atoms. The summed E-state index contributed by atoms with van der Waals surface area (Å²) in [6, 6.07) is 0. The van der Waals surface area contributed by atoms with Crippen LogP contribution in [0.3, 0.4) is 0 Å². The van der Waals surface area contributed by atoms with Crippen molar-refractivity contribution >= 4 is 26.3 Å². The highest BCUT2D eigenvalue weighted by Crippen LogP contribution is 2.25. The van der Waals surface area contributed by atoms with Gasteiger partial charge in [0, 0.05) is 18.3 Å². The van der Waals surface area contributed by atoms with Gasteiger partial charge >= 0.3 is 0 Å². The molecule has 0 aromatic rings. The summed E-state index contributed by atoms with van der Waals surface area (Å²) in [5.41, 5.74) is 1.30. The number of aliphatic imine (C=N–C) groups is 1. The van der Waals surface area contributed by atoms with E-state index < -0.39 is 0 Å². The largest absolute Gasteiger partial charge is 0.367 e. The predicted molar refractivity (Wildman–Crippen MR) is 68.2 cm³/mol. The topological polar surface area (TPSA) is 24.4 Å². The molecule has 2 aliphatic rings. The molecule has 0 saturated heterocycles. The minimum Gasteiger partial charge on any atom is -0.367 e. The minimum atomic E-state index is 0.461. The highest BCUT2D eigenvalue weighted by molar-refractivity contribution is 14.1. The van der Waals surface area contributed by atoms with E-state index in [0.29, 0.717) is 5.92 Å². The Bertz CT molecular complexity index is 361. The van der Waals surface area contributed by atoms with Gasteiger partial charge in [-0.25, -0.2) is 4.99 Å². The zero-order chi connectivity index (χ0) is 9.80. The van der Waals surface area contributed by atoms with Crippen molar-refractivity contribution in [1.82, 2.24) is 5.32 Å². The maximum atomic E-state index is 4.35. The van der Waals surface area contributed by atoms with Crippen LogP contribution < -0.4 is 5.32 Å². The van der Waals surface area contributed by atoms with Crippen LogP contribution in [0.1, 0.15) is 6.42 Å². The zero-order valence-electron chi connectivity index (χ0n) is 7.65. The summed E-state index contributed by atoms with van der Waals surface area (Å²) < 4.78 is 1.07. The lowest BCUT2D eigenvalue weighted by Crippen LogP contribution is -2.08. The number of halogens is 1. The number of allylic oxidation sites excluding steroid dienone is 5. The van der Waals surface area contributed by atoms with Gasteiger partial charge in [0.25, 0.3) is 0 Å². The summed E-state index contributed by atoms with van der Waals surface area (Å²) in [5, 5.41) is 3.06. The maximum absolute atomic E-state index is 4.35. The lowest BCUT2D eigenvalue weighted by atomic mass is 9.92. The first kappa shape index (κ1) is 9.71. The van der Waals surface area contributed by atoms with Gasteiger partial charge in [0.2, 0.25) is 0 Å². The molecular formula is C11H11IN2. The smallest absolute Gasteiger partial charge is 0.105 e. The third kappa shape index (κ3) is 2.15. The molecule has 1 N–H and O–H groups in total. The quantitative estimate of drug-likeness (QED) is 0.683. The number of hydrogen-bond acceptors (Lipinski definition) is 2. The Kier molecular flexibility index (Phi) is 3.18. The van der Waals surface area contributed by atoms with Crippen LogP contribution in [-0.4, -0.2) is 3.72 Å². The van der Waals surface area contributed by atoms with Crippen LogP contribution in [0.25, 0.3) is 0 Å². The number of nitrogens with zero attached hydrogens (tertiary/aromatic N) is 1. The Balaban J connectivity index is 2.36. The fourth-order valence-electron chi connectivity index (χ4n) is 1.50. The zero-order valence-corrected chi connectivity index (χ0v) is 9.81. The molecule has 1 heterocycles. The minimum absolute atomic E-state index is 0.461. The fourth-order valence-corrected chi connectivity index (χ4v) is 2.24. The second kappa shape index (κ2) is 4.59. The summed E-state index contributed by atoms with van der Waals surface area (Å²) in [5.74, 6) is 0.461. The van der Waals surface area contributed by atoms with Crippen LogP contribution in [0.5, 0.6) is 0 Å². The molecule has 14 heavy (non-hydrogen) atoms. The van der Waals surface area contributed by atoms with Gasteiger partial charge < -0.3 is 5.32 Å². The third-order valence-corrected chi connectivity index (χ3v) is 3.12. The highest BCUT2D eigenvalue weighted by atomic mass is 127. The fraction of sp³-hybridized carbons (Fsp3) is 0.182. The molecule has 1 atom stereocenters. The van der Waals surface area contributed by atoms with Crippen LogP contribution in [0.4, 0.5) is 0 Å². The molecule has 1 aliphatic carbocycles. The Hall–Kier alpha value is -0.840. The maximum Gasteiger partial charge on any atom is 0.105 e. The van der Waals surface area contributed by atoms with Crippen molar-refractivity contribution in [2.75, 3.05) is 0 Å². The van der Waals surface area contributed by atoms with Gasteiger partial charge in [-0.3, -0.25) is 0 Å². The van der Waals surface area contributed by atoms with Crippen molar-refractivity contribution in [2.24, 2.45) is 10.9 Å². The SMILES string of the molecule is IC1=N/C=C\N/C=C\C2CC=CC=C12. The molecule has 1 aliphatic heterocycles. The van der Waals surface area contributed by atoms with Crippen molar-refractivity contribution in [3.8, 4) is 0 Å². The average molecular weight is 298 g/mol. The van der Waals surface area contributed by atoms with Gasteiger partial charge in [-0.1, -0.05) is 24.3 Å². The molecule has 0 aromatic heterocycles. The lowest BCUT2D eigenvalue weighted by Gasteiger charge is -2.16. The van der Waals surface area contributed by atoms with E-state index in [4.69, 9.17) is 0 Å². The molecule has 1 unspecified atom stereocenters. The lowest BCUT2D eigenvalue weighted by molar-refractivity contribution is 0.793. The average Bonchev–Trinajstić information content (AvgIpc) is 2.30. The van der Waals surface area contributed by atoms with Crippen molar-refractivity contribution < 1.29 is 0 Å². The highest BCUT2D eigenvalue weighted by Gasteiger charge is 2.15. The Morgan fingerprint density at radius 2 is 2.36 bits per heavy atom. The molecule has 0 saturated carbocycles. The third-order valence-electron chi connectivity index (χ3n) is 2.22. The van der Waals surface area contributed by atoms with Gasteiger partial charge in [0.1, 0.15) is 3.72 Å². The first-order valence-corrected chi connectivity index (χ1v) is 5.64. The van der Waals surface area contributed by atoms with Crippen LogP contribution >= 0.6 is 22.6 Å². The first-order valence-electron chi connectivity index (χ1n) is 4.56. The molecule has 3 heteroatoms. The summed E-state index contributed by atoms with van der Waals surface area (Å²) in [4.78, 5) is 4.35. The van der Waals surface area contributed by atoms with Gasteiger partial charge in [-0.2, -0.15) is 0 Å². The van der Waals surface area contributed by atoms with E-state index in [1.54, 1.807) is 6.20 Å². The van der Waals surface area contributed by atoms with E-state index in [-0.39, 0.29) is 0 Å². The molecule has 0 aromatic carbocycles. The molecule has 0 spiro atoms. The van der Waals surface area contributed by atoms with Gasteiger partial charge in [-0.15, -0.1) is 0 Å². The van der Waals surface area contributed by atoms with Crippen LogP contribution in [0.15, 0.2) is 53.5 Å². The number of hydrogen-bond donors (Lipinski definition) is 1. The van der Waals surface area contributed by atoms with E-state index in [1.165, 1.54) is 5.57 Å². The number of fused-ring (bicyclic) bond motifs is 1. The summed E-state index contributed by atoms with van der Waals surface area (Å²) in [6.07, 6.45) is 15.3. The van der Waals surface area contributed by atoms with Crippen molar-refractivity contribution in [1.29, 1.82) is 0 Å². The van der Waals surface area contributed by atoms with E-state index in [9.17, 15) is 0 Å². The predicted octanol–water partition coefficient (Wildman–Crippen LogP) is 2.91. The van der Waals surface area contributed by atoms with E-state index in [1.807, 2.05) is 12.4 Å². The van der Waals surface area contributed by atoms with Crippen LogP contribution in [-0.2, 0) is 0 Å². The second-order valence-electron chi connectivity index (χ2n) is 3.15. The first-order chi connectivity index (χ1) is 6.88. The van der Waals surface area contributed by atoms with Crippen molar-refractivity contribution in [2.45, 2.75) is 6.42 Å². The van der Waals surface area contributed by atoms with E-state index in [2.05, 4.69) is 57.2 Å². The molecule has 0 amide bonds. The monoisotopic (exact) mass is 298 g/mol. The number of nitrogens with one attached hydrogen (secondary N) is 1. The van der Waals surface area contributed by atoms with Crippen molar-refractivity contribution in [3.63, 3.8) is 0 Å². The van der Waals surface area contributed by atoms with Gasteiger partial charge in [0.05, 0.1) is 0 Å². The molecule has 72 valence electrons. The second-order valence-corrected chi connectivity index (χ2v) is 4.18. The summed E-state index contributed by atoms with van der Waals surface area (Å²) in [6.45, 7) is 0. The molecule has 0 radical (unpaired) electrons. The summed E-state index contributed by atoms with van der Waals surface area (Å²) >= 11 is 2.29. The molecule has 0 fully saturated rings. The van der Waals surface area contributed by atoms with Crippen LogP contribution in [0, 0.1) is 5.92 Å². The molecular weight excluding hydrogens is 287 g/mol. The van der Waals surface area contributed by atoms with E-state index >= 15 is 0 Å². The van der Waals surface area contributed by atoms with E-state index in [0.717, 1.165) is 10.1 Å². The van der Waals surface area contributed by atoms with Gasteiger partial charge in [0.15, 0.2) is 0 Å². The summed E-state index contributed by atoms with van der Waals surface area (Å²) in [7, 11) is 0. The molecule has 2 nitrogen and oxygen atoms in total. The Labute approximate surface area is 97.3 Å².